The SMILES string of the molecule is Cc1ccc(C(O)(C(N)=O)C(F)(F)F)cc1-c1cnc2c(N)nc(C=O)cn12. The number of anilines is 1. The van der Waals surface area contributed by atoms with Gasteiger partial charge in [-0.3, -0.25) is 14.0 Å². The molecule has 146 valence electrons. The van der Waals surface area contributed by atoms with Crippen LogP contribution in [0.3, 0.4) is 0 Å². The highest BCUT2D eigenvalue weighted by Crippen LogP contribution is 2.40. The molecular weight excluding hydrogens is 379 g/mol. The lowest BCUT2D eigenvalue weighted by Gasteiger charge is -2.28. The minimum atomic E-state index is -5.33. The van der Waals surface area contributed by atoms with Gasteiger partial charge >= 0.3 is 6.18 Å². The molecule has 3 rings (SSSR count). The van der Waals surface area contributed by atoms with E-state index in [1.807, 2.05) is 0 Å². The van der Waals surface area contributed by atoms with Crippen LogP contribution in [0.4, 0.5) is 19.0 Å². The summed E-state index contributed by atoms with van der Waals surface area (Å²) in [5.74, 6) is -2.00. The number of imidazole rings is 1. The molecule has 11 heteroatoms. The quantitative estimate of drug-likeness (QED) is 0.572. The lowest BCUT2D eigenvalue weighted by Crippen LogP contribution is -2.52. The van der Waals surface area contributed by atoms with Crippen LogP contribution in [-0.2, 0) is 10.4 Å². The van der Waals surface area contributed by atoms with Gasteiger partial charge in [-0.1, -0.05) is 12.1 Å². The molecule has 1 aromatic carbocycles. The highest BCUT2D eigenvalue weighted by Gasteiger charge is 2.60. The predicted octanol–water partition coefficient (Wildman–Crippen LogP) is 1.33. The number of nitrogens with two attached hydrogens (primary N) is 2. The van der Waals surface area contributed by atoms with Crippen molar-refractivity contribution >= 4 is 23.7 Å². The maximum Gasteiger partial charge on any atom is 0.430 e. The van der Waals surface area contributed by atoms with Crippen molar-refractivity contribution in [1.29, 1.82) is 0 Å². The zero-order chi connectivity index (χ0) is 20.9. The molecule has 5 N–H and O–H groups in total. The molecule has 0 bridgehead atoms. The smallest absolute Gasteiger partial charge is 0.381 e. The van der Waals surface area contributed by atoms with Gasteiger partial charge in [0.2, 0.25) is 0 Å². The van der Waals surface area contributed by atoms with Crippen molar-refractivity contribution in [3.05, 3.63) is 47.4 Å². The third kappa shape index (κ3) is 2.76. The zero-order valence-corrected chi connectivity index (χ0v) is 14.4. The lowest BCUT2D eigenvalue weighted by molar-refractivity contribution is -0.255. The zero-order valence-electron chi connectivity index (χ0n) is 14.4. The topological polar surface area (TPSA) is 137 Å². The number of alkyl halides is 3. The molecule has 1 atom stereocenters. The molecule has 3 aromatic rings. The van der Waals surface area contributed by atoms with Crippen LogP contribution < -0.4 is 11.5 Å². The molecule has 1 unspecified atom stereocenters. The van der Waals surface area contributed by atoms with Gasteiger partial charge in [-0.2, -0.15) is 13.2 Å². The number of nitrogen functional groups attached to an aromatic ring is 1. The van der Waals surface area contributed by atoms with E-state index in [1.54, 1.807) is 6.92 Å². The van der Waals surface area contributed by atoms with E-state index in [1.165, 1.54) is 22.9 Å². The summed E-state index contributed by atoms with van der Waals surface area (Å²) in [5.41, 5.74) is 7.18. The summed E-state index contributed by atoms with van der Waals surface area (Å²) in [4.78, 5) is 30.4. The number of hydrogen-bond donors (Lipinski definition) is 3. The van der Waals surface area contributed by atoms with E-state index >= 15 is 0 Å². The van der Waals surface area contributed by atoms with E-state index in [2.05, 4.69) is 9.97 Å². The number of primary amides is 1. The van der Waals surface area contributed by atoms with Crippen molar-refractivity contribution in [3.63, 3.8) is 0 Å². The standard InChI is InChI=1S/C17H14F3N5O3/c1-8-2-3-9(16(28,15(22)27)17(18,19)20)4-11(8)12-5-23-14-13(21)24-10(7-26)6-25(12)14/h2-7,28H,1H3,(H2,21,24)(H2,22,27). The Labute approximate surface area is 155 Å². The number of carbonyl (C=O) groups excluding carboxylic acids is 2. The Morgan fingerprint density at radius 3 is 2.57 bits per heavy atom. The number of halogens is 3. The van der Waals surface area contributed by atoms with Crippen LogP contribution in [0.1, 0.15) is 21.6 Å². The summed E-state index contributed by atoms with van der Waals surface area (Å²) in [5, 5.41) is 10.1. The maximum absolute atomic E-state index is 13.4. The van der Waals surface area contributed by atoms with Gasteiger partial charge in [0, 0.05) is 17.3 Å². The van der Waals surface area contributed by atoms with Gasteiger partial charge in [-0.25, -0.2) is 9.97 Å². The van der Waals surface area contributed by atoms with Crippen molar-refractivity contribution in [2.45, 2.75) is 18.7 Å². The second-order valence-corrected chi connectivity index (χ2v) is 6.11. The predicted molar refractivity (Wildman–Crippen MR) is 92.1 cm³/mol. The molecule has 8 nitrogen and oxygen atoms in total. The number of carbonyl (C=O) groups is 2. The first kappa shape index (κ1) is 19.3. The Morgan fingerprint density at radius 2 is 2.00 bits per heavy atom. The van der Waals surface area contributed by atoms with Gasteiger partial charge in [0.25, 0.3) is 11.5 Å². The van der Waals surface area contributed by atoms with Crippen molar-refractivity contribution in [2.24, 2.45) is 5.73 Å². The Kier molecular flexibility index (Phi) is 4.34. The van der Waals surface area contributed by atoms with Crippen LogP contribution in [0.2, 0.25) is 0 Å². The second kappa shape index (κ2) is 6.30. The van der Waals surface area contributed by atoms with Crippen LogP contribution in [0, 0.1) is 6.92 Å². The molecule has 0 aliphatic heterocycles. The molecule has 0 saturated heterocycles. The summed E-state index contributed by atoms with van der Waals surface area (Å²) in [7, 11) is 0. The van der Waals surface area contributed by atoms with Gasteiger partial charge in [0.1, 0.15) is 5.69 Å². The molecule has 28 heavy (non-hydrogen) atoms. The first-order valence-corrected chi connectivity index (χ1v) is 7.80. The van der Waals surface area contributed by atoms with Gasteiger partial charge in [0.15, 0.2) is 17.8 Å². The first-order valence-electron chi connectivity index (χ1n) is 7.80. The van der Waals surface area contributed by atoms with Gasteiger partial charge in [-0.15, -0.1) is 0 Å². The Hall–Kier alpha value is -3.47. The number of benzene rings is 1. The number of hydrogen-bond acceptors (Lipinski definition) is 6. The Balaban J connectivity index is 2.29. The molecule has 0 spiro atoms. The molecule has 0 aliphatic carbocycles. The number of aliphatic hydroxyl groups is 1. The summed E-state index contributed by atoms with van der Waals surface area (Å²) < 4.78 is 41.5. The van der Waals surface area contributed by atoms with E-state index in [9.17, 15) is 27.9 Å². The van der Waals surface area contributed by atoms with Crippen LogP contribution in [0.15, 0.2) is 30.6 Å². The van der Waals surface area contributed by atoms with Crippen molar-refractivity contribution in [1.82, 2.24) is 14.4 Å². The molecule has 0 aliphatic rings. The molecule has 1 amide bonds. The largest absolute Gasteiger partial charge is 0.430 e. The van der Waals surface area contributed by atoms with E-state index in [0.717, 1.165) is 12.1 Å². The minimum absolute atomic E-state index is 0.0120. The highest BCUT2D eigenvalue weighted by atomic mass is 19.4. The maximum atomic E-state index is 13.4. The first-order chi connectivity index (χ1) is 13.0. The Bertz CT molecular complexity index is 1110. The average Bonchev–Trinajstić information content (AvgIpc) is 3.04. The van der Waals surface area contributed by atoms with Crippen molar-refractivity contribution < 1.29 is 27.9 Å². The molecule has 2 heterocycles. The monoisotopic (exact) mass is 393 g/mol. The van der Waals surface area contributed by atoms with Crippen molar-refractivity contribution in [2.75, 3.05) is 5.73 Å². The van der Waals surface area contributed by atoms with Gasteiger partial charge in [0.05, 0.1) is 11.9 Å². The summed E-state index contributed by atoms with van der Waals surface area (Å²) in [6.45, 7) is 1.61. The molecule has 2 aromatic heterocycles. The lowest BCUT2D eigenvalue weighted by atomic mass is 9.89. The molecular formula is C17H14F3N5O3. The van der Waals surface area contributed by atoms with Crippen LogP contribution in [0.25, 0.3) is 16.9 Å². The number of aryl methyl sites for hydroxylation is 1. The Morgan fingerprint density at radius 1 is 1.32 bits per heavy atom. The van der Waals surface area contributed by atoms with Gasteiger partial charge < -0.3 is 16.6 Å². The highest BCUT2D eigenvalue weighted by molar-refractivity contribution is 5.86. The number of aldehydes is 1. The fraction of sp³-hybridized carbons (Fsp3) is 0.176. The summed E-state index contributed by atoms with van der Waals surface area (Å²) in [6.07, 6.45) is -2.23. The molecule has 0 fully saturated rings. The third-order valence-electron chi connectivity index (χ3n) is 4.36. The number of amides is 1. The second-order valence-electron chi connectivity index (χ2n) is 6.11. The summed E-state index contributed by atoms with van der Waals surface area (Å²) in [6, 6.07) is 3.26. The number of fused-ring (bicyclic) bond motifs is 1. The van der Waals surface area contributed by atoms with Crippen LogP contribution in [0.5, 0.6) is 0 Å². The fourth-order valence-electron chi connectivity index (χ4n) is 2.86. The molecule has 0 saturated carbocycles. The van der Waals surface area contributed by atoms with Gasteiger partial charge in [-0.05, 0) is 18.6 Å². The normalized spacial score (nSPS) is 14.0. The average molecular weight is 393 g/mol. The van der Waals surface area contributed by atoms with Crippen LogP contribution >= 0.6 is 0 Å². The van der Waals surface area contributed by atoms with Crippen LogP contribution in [-0.4, -0.2) is 37.8 Å². The third-order valence-corrected chi connectivity index (χ3v) is 4.36. The van der Waals surface area contributed by atoms with E-state index in [0.29, 0.717) is 11.8 Å². The van der Waals surface area contributed by atoms with E-state index in [-0.39, 0.29) is 28.4 Å². The number of rotatable bonds is 4. The number of aromatic nitrogens is 3. The van der Waals surface area contributed by atoms with E-state index in [4.69, 9.17) is 11.5 Å². The van der Waals surface area contributed by atoms with E-state index < -0.39 is 23.2 Å². The minimum Gasteiger partial charge on any atom is -0.381 e. The fourth-order valence-corrected chi connectivity index (χ4v) is 2.86. The van der Waals surface area contributed by atoms with Crippen molar-refractivity contribution in [3.8, 4) is 11.3 Å². The number of nitrogens with zero attached hydrogens (tertiary/aromatic N) is 3. The summed E-state index contributed by atoms with van der Waals surface area (Å²) >= 11 is 0. The molecule has 0 radical (unpaired) electrons.